The number of hydrogen-bond acceptors (Lipinski definition) is 4. The molecule has 1 aromatic rings. The maximum Gasteiger partial charge on any atom is 0.0558 e. The third-order valence-electron chi connectivity index (χ3n) is 3.70. The van der Waals surface area contributed by atoms with Crippen LogP contribution in [0.15, 0.2) is 18.3 Å². The van der Waals surface area contributed by atoms with E-state index in [9.17, 15) is 5.11 Å². The average Bonchev–Trinajstić information content (AvgIpc) is 2.92. The standard InChI is InChI=1S/C14H23N3O/c15-10-13-9-12(5-6-16-13)11-17(7-8-18)14-3-1-2-4-14/h5-6,9,14,18H,1-4,7-8,10-11,15H2. The molecule has 0 radical (unpaired) electrons. The van der Waals surface area contributed by atoms with Gasteiger partial charge >= 0.3 is 0 Å². The average molecular weight is 249 g/mol. The molecule has 0 atom stereocenters. The number of aromatic nitrogens is 1. The van der Waals surface area contributed by atoms with E-state index in [4.69, 9.17) is 5.73 Å². The summed E-state index contributed by atoms with van der Waals surface area (Å²) in [5, 5.41) is 9.20. The molecule has 1 fully saturated rings. The van der Waals surface area contributed by atoms with Crippen LogP contribution < -0.4 is 5.73 Å². The molecule has 4 heteroatoms. The quantitative estimate of drug-likeness (QED) is 0.797. The lowest BCUT2D eigenvalue weighted by atomic mass is 10.1. The Bertz CT molecular complexity index is 364. The van der Waals surface area contributed by atoms with E-state index in [1.807, 2.05) is 12.3 Å². The minimum Gasteiger partial charge on any atom is -0.395 e. The van der Waals surface area contributed by atoms with Crippen molar-refractivity contribution in [1.82, 2.24) is 9.88 Å². The van der Waals surface area contributed by atoms with Gasteiger partial charge in [0.15, 0.2) is 0 Å². The summed E-state index contributed by atoms with van der Waals surface area (Å²) in [6.07, 6.45) is 6.97. The maximum atomic E-state index is 9.20. The highest BCUT2D eigenvalue weighted by Gasteiger charge is 2.22. The fourth-order valence-corrected chi connectivity index (χ4v) is 2.76. The molecule has 1 aliphatic rings. The highest BCUT2D eigenvalue weighted by Crippen LogP contribution is 2.24. The van der Waals surface area contributed by atoms with Crippen LogP contribution in [0.25, 0.3) is 0 Å². The Hall–Kier alpha value is -0.970. The monoisotopic (exact) mass is 249 g/mol. The second-order valence-electron chi connectivity index (χ2n) is 4.99. The van der Waals surface area contributed by atoms with Gasteiger partial charge < -0.3 is 10.8 Å². The first-order valence-corrected chi connectivity index (χ1v) is 6.82. The van der Waals surface area contributed by atoms with E-state index in [-0.39, 0.29) is 6.61 Å². The summed E-state index contributed by atoms with van der Waals surface area (Å²) in [5.41, 5.74) is 7.79. The number of nitrogens with two attached hydrogens (primary N) is 1. The highest BCUT2D eigenvalue weighted by atomic mass is 16.3. The normalized spacial score (nSPS) is 16.6. The molecule has 2 rings (SSSR count). The number of aliphatic hydroxyl groups is 1. The number of rotatable bonds is 6. The lowest BCUT2D eigenvalue weighted by Crippen LogP contribution is -2.35. The fourth-order valence-electron chi connectivity index (χ4n) is 2.76. The van der Waals surface area contributed by atoms with Crippen LogP contribution in [0.5, 0.6) is 0 Å². The van der Waals surface area contributed by atoms with Crippen LogP contribution in [0.2, 0.25) is 0 Å². The maximum absolute atomic E-state index is 9.20. The van der Waals surface area contributed by atoms with E-state index in [1.165, 1.54) is 31.2 Å². The van der Waals surface area contributed by atoms with Crippen molar-refractivity contribution in [1.29, 1.82) is 0 Å². The van der Waals surface area contributed by atoms with Gasteiger partial charge in [0.05, 0.1) is 12.3 Å². The summed E-state index contributed by atoms with van der Waals surface area (Å²) in [4.78, 5) is 6.61. The summed E-state index contributed by atoms with van der Waals surface area (Å²) < 4.78 is 0. The molecule has 1 saturated carbocycles. The van der Waals surface area contributed by atoms with Crippen molar-refractivity contribution in [2.75, 3.05) is 13.2 Å². The van der Waals surface area contributed by atoms with Gasteiger partial charge in [-0.3, -0.25) is 9.88 Å². The van der Waals surface area contributed by atoms with Crippen LogP contribution in [0, 0.1) is 0 Å². The Morgan fingerprint density at radius 3 is 2.83 bits per heavy atom. The minimum absolute atomic E-state index is 0.228. The molecule has 0 aromatic carbocycles. The van der Waals surface area contributed by atoms with Crippen molar-refractivity contribution in [3.05, 3.63) is 29.6 Å². The second-order valence-corrected chi connectivity index (χ2v) is 4.99. The van der Waals surface area contributed by atoms with Crippen molar-refractivity contribution in [3.8, 4) is 0 Å². The van der Waals surface area contributed by atoms with Crippen molar-refractivity contribution >= 4 is 0 Å². The van der Waals surface area contributed by atoms with Crippen LogP contribution in [0.3, 0.4) is 0 Å². The van der Waals surface area contributed by atoms with Crippen LogP contribution >= 0.6 is 0 Å². The molecule has 0 aliphatic heterocycles. The van der Waals surface area contributed by atoms with Gasteiger partial charge in [-0.05, 0) is 30.5 Å². The SMILES string of the molecule is NCc1cc(CN(CCO)C2CCCC2)ccn1. The van der Waals surface area contributed by atoms with Crippen LogP contribution in [-0.4, -0.2) is 34.2 Å². The Morgan fingerprint density at radius 1 is 1.39 bits per heavy atom. The third kappa shape index (κ3) is 3.51. The van der Waals surface area contributed by atoms with Crippen LogP contribution in [0.1, 0.15) is 36.9 Å². The predicted molar refractivity (Wildman–Crippen MR) is 71.9 cm³/mol. The fraction of sp³-hybridized carbons (Fsp3) is 0.643. The topological polar surface area (TPSA) is 62.4 Å². The predicted octanol–water partition coefficient (Wildman–Crippen LogP) is 1.28. The van der Waals surface area contributed by atoms with Crippen molar-refractivity contribution in [3.63, 3.8) is 0 Å². The molecule has 1 aliphatic carbocycles. The van der Waals surface area contributed by atoms with Gasteiger partial charge in [0.2, 0.25) is 0 Å². The molecule has 0 bridgehead atoms. The molecule has 18 heavy (non-hydrogen) atoms. The summed E-state index contributed by atoms with van der Waals surface area (Å²) in [7, 11) is 0. The van der Waals surface area contributed by atoms with Gasteiger partial charge in [-0.2, -0.15) is 0 Å². The van der Waals surface area contributed by atoms with E-state index in [0.717, 1.165) is 18.8 Å². The number of nitrogens with zero attached hydrogens (tertiary/aromatic N) is 2. The smallest absolute Gasteiger partial charge is 0.0558 e. The number of pyridine rings is 1. The molecular formula is C14H23N3O. The number of hydrogen-bond donors (Lipinski definition) is 2. The summed E-state index contributed by atoms with van der Waals surface area (Å²) >= 11 is 0. The Labute approximate surface area is 109 Å². The van der Waals surface area contributed by atoms with Crippen LogP contribution in [-0.2, 0) is 13.1 Å². The van der Waals surface area contributed by atoms with E-state index in [1.54, 1.807) is 0 Å². The zero-order valence-electron chi connectivity index (χ0n) is 10.9. The zero-order chi connectivity index (χ0) is 12.8. The van der Waals surface area contributed by atoms with Crippen molar-refractivity contribution < 1.29 is 5.11 Å². The Kier molecular flexibility index (Phi) is 5.11. The first kappa shape index (κ1) is 13.5. The molecule has 0 saturated heterocycles. The van der Waals surface area contributed by atoms with Crippen LogP contribution in [0.4, 0.5) is 0 Å². The van der Waals surface area contributed by atoms with Gasteiger partial charge in [-0.1, -0.05) is 12.8 Å². The molecule has 4 nitrogen and oxygen atoms in total. The summed E-state index contributed by atoms with van der Waals surface area (Å²) in [6, 6.07) is 4.74. The van der Waals surface area contributed by atoms with Crippen molar-refractivity contribution in [2.24, 2.45) is 5.73 Å². The largest absolute Gasteiger partial charge is 0.395 e. The molecule has 1 aromatic heterocycles. The number of aliphatic hydroxyl groups excluding tert-OH is 1. The lowest BCUT2D eigenvalue weighted by Gasteiger charge is -2.28. The molecule has 1 heterocycles. The van der Waals surface area contributed by atoms with Gasteiger partial charge in [0, 0.05) is 31.9 Å². The first-order chi connectivity index (χ1) is 8.83. The summed E-state index contributed by atoms with van der Waals surface area (Å²) in [6.45, 7) is 2.36. The molecule has 0 amide bonds. The molecular weight excluding hydrogens is 226 g/mol. The summed E-state index contributed by atoms with van der Waals surface area (Å²) in [5.74, 6) is 0. The first-order valence-electron chi connectivity index (χ1n) is 6.82. The van der Waals surface area contributed by atoms with Crippen molar-refractivity contribution in [2.45, 2.75) is 44.8 Å². The minimum atomic E-state index is 0.228. The van der Waals surface area contributed by atoms with E-state index >= 15 is 0 Å². The van der Waals surface area contributed by atoms with Gasteiger partial charge in [0.25, 0.3) is 0 Å². The van der Waals surface area contributed by atoms with E-state index < -0.39 is 0 Å². The van der Waals surface area contributed by atoms with E-state index in [0.29, 0.717) is 12.6 Å². The Morgan fingerprint density at radius 2 is 2.17 bits per heavy atom. The van der Waals surface area contributed by atoms with E-state index in [2.05, 4.69) is 16.0 Å². The van der Waals surface area contributed by atoms with Gasteiger partial charge in [-0.25, -0.2) is 0 Å². The second kappa shape index (κ2) is 6.83. The van der Waals surface area contributed by atoms with Gasteiger partial charge in [0.1, 0.15) is 0 Å². The zero-order valence-corrected chi connectivity index (χ0v) is 10.9. The van der Waals surface area contributed by atoms with Gasteiger partial charge in [-0.15, -0.1) is 0 Å². The molecule has 0 spiro atoms. The Balaban J connectivity index is 2.02. The molecule has 100 valence electrons. The molecule has 0 unspecified atom stereocenters. The lowest BCUT2D eigenvalue weighted by molar-refractivity contribution is 0.145. The molecule has 3 N–H and O–H groups in total. The highest BCUT2D eigenvalue weighted by molar-refractivity contribution is 5.16. The third-order valence-corrected chi connectivity index (χ3v) is 3.70.